The Hall–Kier alpha value is -2.52. The van der Waals surface area contributed by atoms with Crippen molar-refractivity contribution in [3.8, 4) is 0 Å². The van der Waals surface area contributed by atoms with Gasteiger partial charge in [0.2, 0.25) is 0 Å². The van der Waals surface area contributed by atoms with Gasteiger partial charge in [0, 0.05) is 12.1 Å². The van der Waals surface area contributed by atoms with Crippen molar-refractivity contribution in [2.24, 2.45) is 5.92 Å². The third kappa shape index (κ3) is 7.78. The highest BCUT2D eigenvalue weighted by atomic mass is 19.4. The Kier molecular flexibility index (Phi) is 8.59. The number of alkyl carbamates (subject to hydrolysis) is 1. The summed E-state index contributed by atoms with van der Waals surface area (Å²) in [6, 6.07) is 1.02. The molecule has 2 N–H and O–H groups in total. The van der Waals surface area contributed by atoms with E-state index in [-0.39, 0.29) is 24.1 Å². The fourth-order valence-electron chi connectivity index (χ4n) is 3.94. The number of rotatable bonds is 6. The number of esters is 1. The van der Waals surface area contributed by atoms with Crippen molar-refractivity contribution >= 4 is 17.7 Å². The summed E-state index contributed by atoms with van der Waals surface area (Å²) >= 11 is 0. The molecule has 1 saturated carbocycles. The van der Waals surface area contributed by atoms with E-state index in [4.69, 9.17) is 9.47 Å². The van der Waals surface area contributed by atoms with E-state index in [2.05, 4.69) is 10.6 Å². The number of amides is 1. The van der Waals surface area contributed by atoms with Gasteiger partial charge in [-0.2, -0.15) is 13.2 Å². The van der Waals surface area contributed by atoms with Gasteiger partial charge in [-0.1, -0.05) is 0 Å². The summed E-state index contributed by atoms with van der Waals surface area (Å²) in [4.78, 5) is 23.9. The van der Waals surface area contributed by atoms with Crippen LogP contribution in [0.4, 0.5) is 28.0 Å². The minimum atomic E-state index is -4.94. The van der Waals surface area contributed by atoms with Gasteiger partial charge in [0.1, 0.15) is 17.0 Å². The smallest absolute Gasteiger partial charge is 0.421 e. The maximum absolute atomic E-state index is 14.4. The van der Waals surface area contributed by atoms with Crippen LogP contribution in [0.5, 0.6) is 0 Å². The Morgan fingerprint density at radius 3 is 2.24 bits per heavy atom. The SMILES string of the molecule is CCOC(=O)c1cc(F)c(C(F)(F)F)c(N[C@@H](C)C2CCC(NC(=O)OC(C)(C)C)CC2)c1. The highest BCUT2D eigenvalue weighted by Crippen LogP contribution is 2.39. The van der Waals surface area contributed by atoms with Crippen LogP contribution in [-0.2, 0) is 15.7 Å². The van der Waals surface area contributed by atoms with Gasteiger partial charge >= 0.3 is 18.2 Å². The normalized spacial score (nSPS) is 20.0. The number of carbonyl (C=O) groups excluding carboxylic acids is 2. The summed E-state index contributed by atoms with van der Waals surface area (Å²) in [6.07, 6.45) is -2.86. The first-order chi connectivity index (χ1) is 15.2. The van der Waals surface area contributed by atoms with Crippen LogP contribution >= 0.6 is 0 Å². The van der Waals surface area contributed by atoms with E-state index in [1.807, 2.05) is 0 Å². The second kappa shape index (κ2) is 10.6. The Balaban J connectivity index is 2.09. The molecular formula is C23H32F4N2O4. The van der Waals surface area contributed by atoms with Crippen molar-refractivity contribution in [2.45, 2.75) is 84.2 Å². The van der Waals surface area contributed by atoms with Crippen LogP contribution in [0.1, 0.15) is 76.2 Å². The molecule has 1 amide bonds. The Labute approximate surface area is 191 Å². The summed E-state index contributed by atoms with van der Waals surface area (Å²) in [5, 5.41) is 5.59. The third-order valence-corrected chi connectivity index (χ3v) is 5.47. The molecule has 0 aromatic heterocycles. The first-order valence-corrected chi connectivity index (χ1v) is 11.0. The number of nitrogens with one attached hydrogen (secondary N) is 2. The largest absolute Gasteiger partial charge is 0.462 e. The molecule has 1 aliphatic carbocycles. The van der Waals surface area contributed by atoms with Gasteiger partial charge < -0.3 is 20.1 Å². The average Bonchev–Trinajstić information content (AvgIpc) is 2.65. The standard InChI is InChI=1S/C23H32F4N2O4/c1-6-32-20(30)15-11-17(24)19(23(25,26)27)18(12-15)28-13(2)14-7-9-16(10-8-14)29-21(31)33-22(3,4)5/h11-14,16,28H,6-10H2,1-5H3,(H,29,31)/t13-,14?,16?/m0/s1. The summed E-state index contributed by atoms with van der Waals surface area (Å²) in [7, 11) is 0. The second-order valence-corrected chi connectivity index (χ2v) is 9.29. The van der Waals surface area contributed by atoms with Gasteiger partial charge in [0.05, 0.1) is 17.9 Å². The number of hydrogen-bond donors (Lipinski definition) is 2. The van der Waals surface area contributed by atoms with Crippen LogP contribution in [0, 0.1) is 11.7 Å². The van der Waals surface area contributed by atoms with Crippen LogP contribution in [0.3, 0.4) is 0 Å². The molecule has 6 nitrogen and oxygen atoms in total. The molecule has 0 aliphatic heterocycles. The van der Waals surface area contributed by atoms with Crippen LogP contribution in [0.15, 0.2) is 12.1 Å². The van der Waals surface area contributed by atoms with Gasteiger partial charge in [-0.15, -0.1) is 0 Å². The molecule has 186 valence electrons. The molecule has 0 spiro atoms. The average molecular weight is 477 g/mol. The lowest BCUT2D eigenvalue weighted by Gasteiger charge is -2.34. The molecule has 10 heteroatoms. The van der Waals surface area contributed by atoms with Crippen LogP contribution in [0.2, 0.25) is 0 Å². The van der Waals surface area contributed by atoms with Crippen molar-refractivity contribution in [1.82, 2.24) is 5.32 Å². The fraction of sp³-hybridized carbons (Fsp3) is 0.652. The number of hydrogen-bond acceptors (Lipinski definition) is 5. The maximum Gasteiger partial charge on any atom is 0.421 e. The zero-order chi connectivity index (χ0) is 25.0. The van der Waals surface area contributed by atoms with Crippen molar-refractivity contribution in [3.63, 3.8) is 0 Å². The summed E-state index contributed by atoms with van der Waals surface area (Å²) in [6.45, 7) is 8.60. The minimum absolute atomic E-state index is 0.00270. The van der Waals surface area contributed by atoms with Gasteiger partial charge in [-0.25, -0.2) is 14.0 Å². The Bertz CT molecular complexity index is 844. The lowest BCUT2D eigenvalue weighted by molar-refractivity contribution is -0.139. The summed E-state index contributed by atoms with van der Waals surface area (Å²) in [5.74, 6) is -2.43. The molecule has 2 rings (SSSR count). The van der Waals surface area contributed by atoms with Crippen LogP contribution < -0.4 is 10.6 Å². The number of benzene rings is 1. The highest BCUT2D eigenvalue weighted by Gasteiger charge is 2.39. The molecule has 0 heterocycles. The van der Waals surface area contributed by atoms with Gasteiger partial charge in [0.15, 0.2) is 0 Å². The maximum atomic E-state index is 14.4. The molecule has 0 saturated heterocycles. The molecule has 0 unspecified atom stereocenters. The Morgan fingerprint density at radius 1 is 1.12 bits per heavy atom. The fourth-order valence-corrected chi connectivity index (χ4v) is 3.94. The first kappa shape index (κ1) is 26.7. The first-order valence-electron chi connectivity index (χ1n) is 11.0. The number of alkyl halides is 3. The number of anilines is 1. The van der Waals surface area contributed by atoms with E-state index in [9.17, 15) is 27.2 Å². The predicted molar refractivity (Wildman–Crippen MR) is 116 cm³/mol. The minimum Gasteiger partial charge on any atom is -0.462 e. The van der Waals surface area contributed by atoms with Gasteiger partial charge in [-0.3, -0.25) is 0 Å². The van der Waals surface area contributed by atoms with Crippen LogP contribution in [0.25, 0.3) is 0 Å². The van der Waals surface area contributed by atoms with E-state index >= 15 is 0 Å². The summed E-state index contributed by atoms with van der Waals surface area (Å²) < 4.78 is 65.0. The number of carbonyl (C=O) groups is 2. The Morgan fingerprint density at radius 2 is 1.73 bits per heavy atom. The van der Waals surface area contributed by atoms with Crippen molar-refractivity contribution in [1.29, 1.82) is 0 Å². The van der Waals surface area contributed by atoms with E-state index < -0.39 is 46.9 Å². The molecule has 0 radical (unpaired) electrons. The molecule has 1 aromatic rings. The number of ether oxygens (including phenoxy) is 2. The second-order valence-electron chi connectivity index (χ2n) is 9.29. The van der Waals surface area contributed by atoms with E-state index in [0.29, 0.717) is 31.7 Å². The predicted octanol–water partition coefficient (Wildman–Crippen LogP) is 5.91. The quantitative estimate of drug-likeness (QED) is 0.395. The lowest BCUT2D eigenvalue weighted by Crippen LogP contribution is -2.42. The van der Waals surface area contributed by atoms with Gasteiger partial charge in [-0.05, 0) is 78.4 Å². The van der Waals surface area contributed by atoms with E-state index in [1.54, 1.807) is 34.6 Å². The molecule has 0 bridgehead atoms. The molecule has 1 atom stereocenters. The molecule has 33 heavy (non-hydrogen) atoms. The third-order valence-electron chi connectivity index (χ3n) is 5.47. The topological polar surface area (TPSA) is 76.7 Å². The summed E-state index contributed by atoms with van der Waals surface area (Å²) in [5.41, 5.74) is -2.83. The molecule has 1 aliphatic rings. The highest BCUT2D eigenvalue weighted by molar-refractivity contribution is 5.91. The lowest BCUT2D eigenvalue weighted by atomic mass is 9.82. The number of halogens is 4. The van der Waals surface area contributed by atoms with Crippen molar-refractivity contribution < 1.29 is 36.6 Å². The van der Waals surface area contributed by atoms with Gasteiger partial charge in [0.25, 0.3) is 0 Å². The van der Waals surface area contributed by atoms with Crippen LogP contribution in [-0.4, -0.2) is 36.4 Å². The molecule has 1 aromatic carbocycles. The molecule has 1 fully saturated rings. The van der Waals surface area contributed by atoms with E-state index in [1.165, 1.54) is 0 Å². The van der Waals surface area contributed by atoms with E-state index in [0.717, 1.165) is 6.07 Å². The monoisotopic (exact) mass is 476 g/mol. The zero-order valence-electron chi connectivity index (χ0n) is 19.6. The molecular weight excluding hydrogens is 444 g/mol. The van der Waals surface area contributed by atoms with Crippen molar-refractivity contribution in [3.05, 3.63) is 29.1 Å². The van der Waals surface area contributed by atoms with Crippen molar-refractivity contribution in [2.75, 3.05) is 11.9 Å². The zero-order valence-corrected chi connectivity index (χ0v) is 19.6.